The first-order valence-corrected chi connectivity index (χ1v) is 8.99. The van der Waals surface area contributed by atoms with Crippen LogP contribution < -0.4 is 5.32 Å². The SMILES string of the molecule is Cl.O=C(O)c1ccc2c(c1)C1OCCCC1C(C1CCCCC1)N2. The van der Waals surface area contributed by atoms with Gasteiger partial charge in [-0.25, -0.2) is 4.79 Å². The third-order valence-electron chi connectivity index (χ3n) is 5.91. The fourth-order valence-electron chi connectivity index (χ4n) is 4.80. The molecule has 1 aromatic carbocycles. The summed E-state index contributed by atoms with van der Waals surface area (Å²) in [6.07, 6.45) is 9.01. The first kappa shape index (κ1) is 17.6. The molecule has 24 heavy (non-hydrogen) atoms. The van der Waals surface area contributed by atoms with Gasteiger partial charge in [0.2, 0.25) is 0 Å². The highest BCUT2D eigenvalue weighted by molar-refractivity contribution is 5.88. The van der Waals surface area contributed by atoms with E-state index in [0.717, 1.165) is 30.2 Å². The van der Waals surface area contributed by atoms with Gasteiger partial charge in [-0.15, -0.1) is 12.4 Å². The molecule has 1 aliphatic carbocycles. The van der Waals surface area contributed by atoms with Crippen LogP contribution in [0, 0.1) is 11.8 Å². The summed E-state index contributed by atoms with van der Waals surface area (Å²) in [6, 6.07) is 5.92. The quantitative estimate of drug-likeness (QED) is 0.814. The van der Waals surface area contributed by atoms with Gasteiger partial charge in [-0.05, 0) is 49.8 Å². The molecular weight excluding hydrogens is 326 g/mol. The molecule has 1 saturated heterocycles. The molecule has 3 atom stereocenters. The Balaban J connectivity index is 0.00000169. The van der Waals surface area contributed by atoms with E-state index < -0.39 is 5.97 Å². The second kappa shape index (κ2) is 7.32. The molecule has 2 aliphatic heterocycles. The van der Waals surface area contributed by atoms with Crippen molar-refractivity contribution in [2.45, 2.75) is 57.1 Å². The number of ether oxygens (including phenoxy) is 1. The Morgan fingerprint density at radius 2 is 1.92 bits per heavy atom. The van der Waals surface area contributed by atoms with E-state index >= 15 is 0 Å². The smallest absolute Gasteiger partial charge is 0.335 e. The first-order chi connectivity index (χ1) is 11.2. The summed E-state index contributed by atoms with van der Waals surface area (Å²) >= 11 is 0. The molecule has 0 bridgehead atoms. The topological polar surface area (TPSA) is 58.6 Å². The van der Waals surface area contributed by atoms with Crippen LogP contribution in [0.15, 0.2) is 18.2 Å². The maximum absolute atomic E-state index is 11.3. The van der Waals surface area contributed by atoms with Crippen LogP contribution in [-0.2, 0) is 4.74 Å². The van der Waals surface area contributed by atoms with Crippen LogP contribution in [0.2, 0.25) is 0 Å². The van der Waals surface area contributed by atoms with Crippen molar-refractivity contribution in [2.75, 3.05) is 11.9 Å². The molecule has 1 saturated carbocycles. The Kier molecular flexibility index (Phi) is 5.36. The fraction of sp³-hybridized carbons (Fsp3) is 0.632. The molecule has 4 rings (SSSR count). The van der Waals surface area contributed by atoms with E-state index in [1.807, 2.05) is 12.1 Å². The van der Waals surface area contributed by atoms with Gasteiger partial charge in [-0.1, -0.05) is 19.3 Å². The molecule has 2 fully saturated rings. The minimum absolute atomic E-state index is 0. The molecule has 0 amide bonds. The average molecular weight is 352 g/mol. The Labute approximate surface area is 149 Å². The van der Waals surface area contributed by atoms with Crippen molar-refractivity contribution in [2.24, 2.45) is 11.8 Å². The molecule has 1 aromatic rings. The van der Waals surface area contributed by atoms with Gasteiger partial charge in [-0.2, -0.15) is 0 Å². The van der Waals surface area contributed by atoms with Crippen LogP contribution in [0.4, 0.5) is 5.69 Å². The standard InChI is InChI=1S/C19H25NO3.ClH/c21-19(22)13-8-9-16-15(11-13)18-14(7-4-10-23-18)17(20-16)12-5-2-1-3-6-12;/h8-9,11-12,14,17-18,20H,1-7,10H2,(H,21,22);1H. The number of rotatable bonds is 2. The van der Waals surface area contributed by atoms with Crippen LogP contribution in [0.5, 0.6) is 0 Å². The largest absolute Gasteiger partial charge is 0.478 e. The average Bonchev–Trinajstić information content (AvgIpc) is 2.61. The van der Waals surface area contributed by atoms with E-state index in [1.165, 1.54) is 38.5 Å². The maximum atomic E-state index is 11.3. The number of carbonyl (C=O) groups is 1. The lowest BCUT2D eigenvalue weighted by Gasteiger charge is -2.47. The van der Waals surface area contributed by atoms with Crippen molar-refractivity contribution in [1.29, 1.82) is 0 Å². The zero-order chi connectivity index (χ0) is 15.8. The first-order valence-electron chi connectivity index (χ1n) is 8.99. The second-order valence-electron chi connectivity index (χ2n) is 7.27. The van der Waals surface area contributed by atoms with E-state index in [-0.39, 0.29) is 18.5 Å². The summed E-state index contributed by atoms with van der Waals surface area (Å²) in [5.74, 6) is 0.336. The van der Waals surface area contributed by atoms with Gasteiger partial charge < -0.3 is 15.2 Å². The Morgan fingerprint density at radius 1 is 1.12 bits per heavy atom. The monoisotopic (exact) mass is 351 g/mol. The predicted octanol–water partition coefficient (Wildman–Crippen LogP) is 4.65. The lowest BCUT2D eigenvalue weighted by Crippen LogP contribution is -2.46. The molecule has 132 valence electrons. The molecule has 0 radical (unpaired) electrons. The summed E-state index contributed by atoms with van der Waals surface area (Å²) in [5.41, 5.74) is 2.48. The number of nitrogens with one attached hydrogen (secondary N) is 1. The summed E-state index contributed by atoms with van der Waals surface area (Å²) in [7, 11) is 0. The van der Waals surface area contributed by atoms with Crippen molar-refractivity contribution < 1.29 is 14.6 Å². The van der Waals surface area contributed by atoms with Crippen molar-refractivity contribution in [3.63, 3.8) is 0 Å². The number of carboxylic acids is 1. The third kappa shape index (κ3) is 3.14. The van der Waals surface area contributed by atoms with Crippen LogP contribution in [0.3, 0.4) is 0 Å². The van der Waals surface area contributed by atoms with E-state index in [4.69, 9.17) is 4.74 Å². The summed E-state index contributed by atoms with van der Waals surface area (Å²) in [4.78, 5) is 11.3. The van der Waals surface area contributed by atoms with Crippen LogP contribution >= 0.6 is 12.4 Å². The van der Waals surface area contributed by atoms with Crippen molar-refractivity contribution in [1.82, 2.24) is 0 Å². The predicted molar refractivity (Wildman–Crippen MR) is 96.1 cm³/mol. The molecule has 3 unspecified atom stereocenters. The Bertz CT molecular complexity index is 600. The molecule has 0 aromatic heterocycles. The highest BCUT2D eigenvalue weighted by Crippen LogP contribution is 2.47. The maximum Gasteiger partial charge on any atom is 0.335 e. The van der Waals surface area contributed by atoms with Gasteiger partial charge >= 0.3 is 5.97 Å². The fourth-order valence-corrected chi connectivity index (χ4v) is 4.80. The van der Waals surface area contributed by atoms with Crippen molar-refractivity contribution in [3.05, 3.63) is 29.3 Å². The van der Waals surface area contributed by atoms with Crippen molar-refractivity contribution in [3.8, 4) is 0 Å². The number of aromatic carboxylic acids is 1. The van der Waals surface area contributed by atoms with Crippen LogP contribution in [0.1, 0.15) is 67.0 Å². The van der Waals surface area contributed by atoms with E-state index in [9.17, 15) is 9.90 Å². The molecule has 0 spiro atoms. The van der Waals surface area contributed by atoms with E-state index in [2.05, 4.69) is 5.32 Å². The number of benzene rings is 1. The number of hydrogen-bond donors (Lipinski definition) is 2. The normalized spacial score (nSPS) is 29.6. The molecule has 4 nitrogen and oxygen atoms in total. The number of fused-ring (bicyclic) bond motifs is 3. The minimum Gasteiger partial charge on any atom is -0.478 e. The van der Waals surface area contributed by atoms with Gasteiger partial charge in [0.15, 0.2) is 0 Å². The summed E-state index contributed by atoms with van der Waals surface area (Å²) < 4.78 is 6.13. The van der Waals surface area contributed by atoms with Gasteiger partial charge in [0.25, 0.3) is 0 Å². The summed E-state index contributed by atoms with van der Waals surface area (Å²) in [5, 5.41) is 13.0. The molecule has 2 N–H and O–H groups in total. The minimum atomic E-state index is -0.866. The molecule has 2 heterocycles. The molecular formula is C19H26ClNO3. The van der Waals surface area contributed by atoms with Gasteiger partial charge in [0.05, 0.1) is 11.7 Å². The van der Waals surface area contributed by atoms with E-state index in [0.29, 0.717) is 17.5 Å². The highest BCUT2D eigenvalue weighted by atomic mass is 35.5. The van der Waals surface area contributed by atoms with E-state index in [1.54, 1.807) is 6.07 Å². The molecule has 5 heteroatoms. The van der Waals surface area contributed by atoms with Crippen LogP contribution in [-0.4, -0.2) is 23.7 Å². The zero-order valence-electron chi connectivity index (χ0n) is 13.9. The van der Waals surface area contributed by atoms with Crippen molar-refractivity contribution >= 4 is 24.1 Å². The number of carboxylic acid groups (broad SMARTS) is 1. The zero-order valence-corrected chi connectivity index (χ0v) is 14.7. The van der Waals surface area contributed by atoms with Crippen LogP contribution in [0.25, 0.3) is 0 Å². The number of anilines is 1. The third-order valence-corrected chi connectivity index (χ3v) is 5.91. The number of hydrogen-bond acceptors (Lipinski definition) is 3. The van der Waals surface area contributed by atoms with Gasteiger partial charge in [-0.3, -0.25) is 0 Å². The number of halogens is 1. The van der Waals surface area contributed by atoms with Gasteiger partial charge in [0, 0.05) is 29.8 Å². The Hall–Kier alpha value is -1.26. The summed E-state index contributed by atoms with van der Waals surface area (Å²) in [6.45, 7) is 0.787. The second-order valence-corrected chi connectivity index (χ2v) is 7.27. The lowest BCUT2D eigenvalue weighted by atomic mass is 9.71. The highest BCUT2D eigenvalue weighted by Gasteiger charge is 2.42. The molecule has 3 aliphatic rings. The lowest BCUT2D eigenvalue weighted by molar-refractivity contribution is -0.0458. The van der Waals surface area contributed by atoms with Gasteiger partial charge in [0.1, 0.15) is 0 Å². The Morgan fingerprint density at radius 3 is 2.67 bits per heavy atom.